The molecular formula is C20H20O6S. The number of aliphatic hydroxyl groups excluding tert-OH is 1. The number of esters is 1. The Hall–Kier alpha value is -2.51. The van der Waals surface area contributed by atoms with Crippen molar-refractivity contribution < 1.29 is 28.9 Å². The number of benzene rings is 2. The number of aliphatic hydroxyl groups is 1. The van der Waals surface area contributed by atoms with Gasteiger partial charge < -0.3 is 19.3 Å². The molecule has 6 nitrogen and oxygen atoms in total. The van der Waals surface area contributed by atoms with E-state index in [9.17, 15) is 14.7 Å². The molecule has 142 valence electrons. The maximum atomic E-state index is 12.0. The van der Waals surface area contributed by atoms with Gasteiger partial charge in [-0.05, 0) is 17.7 Å². The van der Waals surface area contributed by atoms with Crippen molar-refractivity contribution in [3.05, 3.63) is 71.8 Å². The second-order valence-electron chi connectivity index (χ2n) is 6.03. The second kappa shape index (κ2) is 9.43. The normalized spacial score (nSPS) is 21.4. The van der Waals surface area contributed by atoms with E-state index in [2.05, 4.69) is 0 Å². The van der Waals surface area contributed by atoms with Gasteiger partial charge in [0.2, 0.25) is 0 Å². The van der Waals surface area contributed by atoms with E-state index in [1.165, 1.54) is 11.8 Å². The average Bonchev–Trinajstić information content (AvgIpc) is 3.05. The number of thioether (sulfide) groups is 1. The van der Waals surface area contributed by atoms with Gasteiger partial charge in [-0.1, -0.05) is 48.5 Å². The van der Waals surface area contributed by atoms with Crippen molar-refractivity contribution in [2.75, 3.05) is 6.61 Å². The van der Waals surface area contributed by atoms with Crippen molar-refractivity contribution in [3.63, 3.8) is 0 Å². The highest BCUT2D eigenvalue weighted by Crippen LogP contribution is 2.34. The van der Waals surface area contributed by atoms with Gasteiger partial charge in [0, 0.05) is 11.7 Å². The van der Waals surface area contributed by atoms with Crippen LogP contribution in [0.5, 0.6) is 0 Å². The fourth-order valence-electron chi connectivity index (χ4n) is 2.63. The molecule has 1 N–H and O–H groups in total. The van der Waals surface area contributed by atoms with E-state index in [0.717, 1.165) is 5.56 Å². The quantitative estimate of drug-likeness (QED) is 0.760. The van der Waals surface area contributed by atoms with Crippen molar-refractivity contribution in [3.8, 4) is 0 Å². The molecule has 0 radical (unpaired) electrons. The molecule has 0 aromatic heterocycles. The molecule has 0 aliphatic carbocycles. The molecule has 3 rings (SSSR count). The van der Waals surface area contributed by atoms with Crippen LogP contribution in [0.4, 0.5) is 4.79 Å². The maximum Gasteiger partial charge on any atom is 0.509 e. The highest BCUT2D eigenvalue weighted by atomic mass is 32.2. The average molecular weight is 388 g/mol. The van der Waals surface area contributed by atoms with Crippen LogP contribution in [0.2, 0.25) is 0 Å². The Kier molecular flexibility index (Phi) is 6.73. The molecule has 2 aromatic carbocycles. The van der Waals surface area contributed by atoms with Gasteiger partial charge in [-0.3, -0.25) is 0 Å². The first-order valence-corrected chi connectivity index (χ1v) is 9.49. The van der Waals surface area contributed by atoms with Gasteiger partial charge >= 0.3 is 12.1 Å². The molecule has 0 spiro atoms. The van der Waals surface area contributed by atoms with Gasteiger partial charge in [0.1, 0.15) is 24.8 Å². The zero-order valence-corrected chi connectivity index (χ0v) is 15.3. The summed E-state index contributed by atoms with van der Waals surface area (Å²) in [6, 6.07) is 17.9. The summed E-state index contributed by atoms with van der Waals surface area (Å²) in [5.41, 5.74) is 0.439. The maximum absolute atomic E-state index is 12.0. The molecule has 1 unspecified atom stereocenters. The van der Waals surface area contributed by atoms with Gasteiger partial charge in [-0.15, -0.1) is 11.8 Å². The third kappa shape index (κ3) is 5.74. The zero-order valence-electron chi connectivity index (χ0n) is 14.5. The lowest BCUT2D eigenvalue weighted by Crippen LogP contribution is -2.25. The van der Waals surface area contributed by atoms with Crippen molar-refractivity contribution in [1.82, 2.24) is 0 Å². The van der Waals surface area contributed by atoms with Gasteiger partial charge in [-0.25, -0.2) is 9.59 Å². The summed E-state index contributed by atoms with van der Waals surface area (Å²) in [5, 5.41) is 9.91. The minimum atomic E-state index is -0.880. The van der Waals surface area contributed by atoms with Crippen LogP contribution >= 0.6 is 11.8 Å². The molecule has 1 saturated heterocycles. The van der Waals surface area contributed by atoms with Crippen LogP contribution < -0.4 is 0 Å². The predicted octanol–water partition coefficient (Wildman–Crippen LogP) is 3.39. The van der Waals surface area contributed by atoms with E-state index in [1.54, 1.807) is 24.3 Å². The molecular weight excluding hydrogens is 368 g/mol. The molecule has 7 heteroatoms. The van der Waals surface area contributed by atoms with E-state index in [-0.39, 0.29) is 18.5 Å². The van der Waals surface area contributed by atoms with E-state index in [0.29, 0.717) is 12.0 Å². The van der Waals surface area contributed by atoms with Crippen LogP contribution in [0.25, 0.3) is 0 Å². The Morgan fingerprint density at radius 1 is 1.00 bits per heavy atom. The molecule has 0 saturated carbocycles. The number of hydrogen-bond donors (Lipinski definition) is 1. The summed E-state index contributed by atoms with van der Waals surface area (Å²) in [6.45, 7) is 0.238. The molecule has 0 bridgehead atoms. The molecule has 2 aromatic rings. The largest absolute Gasteiger partial charge is 0.509 e. The summed E-state index contributed by atoms with van der Waals surface area (Å²) >= 11 is 1.21. The van der Waals surface area contributed by atoms with Crippen LogP contribution in [0.3, 0.4) is 0 Å². The Morgan fingerprint density at radius 3 is 2.37 bits per heavy atom. The van der Waals surface area contributed by atoms with Crippen LogP contribution in [0.1, 0.15) is 22.3 Å². The highest BCUT2D eigenvalue weighted by Gasteiger charge is 2.37. The van der Waals surface area contributed by atoms with Gasteiger partial charge in [0.15, 0.2) is 0 Å². The van der Waals surface area contributed by atoms with E-state index < -0.39 is 23.7 Å². The monoisotopic (exact) mass is 388 g/mol. The lowest BCUT2D eigenvalue weighted by Gasteiger charge is -2.14. The van der Waals surface area contributed by atoms with Crippen molar-refractivity contribution in [2.24, 2.45) is 0 Å². The number of hydrogen-bond acceptors (Lipinski definition) is 7. The van der Waals surface area contributed by atoms with E-state index in [1.807, 2.05) is 36.4 Å². The van der Waals surface area contributed by atoms with Crippen molar-refractivity contribution in [1.29, 1.82) is 0 Å². The van der Waals surface area contributed by atoms with Crippen molar-refractivity contribution in [2.45, 2.75) is 29.8 Å². The van der Waals surface area contributed by atoms with Crippen LogP contribution in [0.15, 0.2) is 60.7 Å². The fourth-order valence-corrected chi connectivity index (χ4v) is 3.81. The third-order valence-electron chi connectivity index (χ3n) is 4.00. The molecule has 1 heterocycles. The van der Waals surface area contributed by atoms with Crippen molar-refractivity contribution >= 4 is 23.9 Å². The summed E-state index contributed by atoms with van der Waals surface area (Å²) in [6.07, 6.45) is -1.14. The minimum absolute atomic E-state index is 0.105. The number of rotatable bonds is 6. The molecule has 0 amide bonds. The summed E-state index contributed by atoms with van der Waals surface area (Å²) in [7, 11) is 0. The Bertz CT molecular complexity index is 752. The second-order valence-corrected chi connectivity index (χ2v) is 7.45. The van der Waals surface area contributed by atoms with E-state index >= 15 is 0 Å². The molecule has 1 aliphatic rings. The summed E-state index contributed by atoms with van der Waals surface area (Å²) in [4.78, 5) is 23.8. The van der Waals surface area contributed by atoms with E-state index in [4.69, 9.17) is 14.2 Å². The summed E-state index contributed by atoms with van der Waals surface area (Å²) < 4.78 is 15.5. The van der Waals surface area contributed by atoms with Crippen LogP contribution in [-0.2, 0) is 20.8 Å². The lowest BCUT2D eigenvalue weighted by molar-refractivity contribution is -0.00872. The minimum Gasteiger partial charge on any atom is -0.461 e. The Morgan fingerprint density at radius 2 is 1.67 bits per heavy atom. The number of carbonyl (C=O) groups excluding carboxylic acids is 2. The highest BCUT2D eigenvalue weighted by molar-refractivity contribution is 8.00. The lowest BCUT2D eigenvalue weighted by atomic mass is 10.2. The first-order valence-electron chi connectivity index (χ1n) is 8.55. The summed E-state index contributed by atoms with van der Waals surface area (Å²) in [5.74, 6) is -0.419. The molecule has 3 atom stereocenters. The standard InChI is InChI=1S/C20H20O6S/c21-18(15-9-5-2-6-10-15)24-13-16-11-17(19(22)27-16)26-20(23)25-12-14-7-3-1-4-8-14/h1-10,16-17,19,22H,11-13H2/t16-,17-,19?/m0/s1. The number of carbonyl (C=O) groups is 2. The smallest absolute Gasteiger partial charge is 0.461 e. The molecule has 27 heavy (non-hydrogen) atoms. The van der Waals surface area contributed by atoms with Gasteiger partial charge in [-0.2, -0.15) is 0 Å². The first kappa shape index (κ1) is 19.3. The Balaban J connectivity index is 1.41. The van der Waals surface area contributed by atoms with Gasteiger partial charge in [0.25, 0.3) is 0 Å². The Labute approximate surface area is 161 Å². The first-order chi connectivity index (χ1) is 13.1. The van der Waals surface area contributed by atoms with Crippen LogP contribution in [-0.4, -0.2) is 40.6 Å². The fraction of sp³-hybridized carbons (Fsp3) is 0.300. The number of ether oxygens (including phenoxy) is 3. The van der Waals surface area contributed by atoms with Crippen LogP contribution in [0, 0.1) is 0 Å². The third-order valence-corrected chi connectivity index (χ3v) is 5.30. The molecule has 1 fully saturated rings. The topological polar surface area (TPSA) is 82.1 Å². The predicted molar refractivity (Wildman–Crippen MR) is 100 cm³/mol. The van der Waals surface area contributed by atoms with Gasteiger partial charge in [0.05, 0.1) is 5.56 Å². The SMILES string of the molecule is O=C(OCc1ccccc1)O[C@H]1C[C@@H](COC(=O)c2ccccc2)SC1O. The molecule has 1 aliphatic heterocycles. The zero-order chi connectivity index (χ0) is 19.1.